The van der Waals surface area contributed by atoms with Gasteiger partial charge in [-0.15, -0.1) is 0 Å². The fourth-order valence-corrected chi connectivity index (χ4v) is 4.49. The third-order valence-corrected chi connectivity index (χ3v) is 6.26. The Labute approximate surface area is 170 Å². The largest absolute Gasteiger partial charge is 0.387 e. The van der Waals surface area contributed by atoms with Crippen molar-refractivity contribution in [3.8, 4) is 0 Å². The average Bonchev–Trinajstić information content (AvgIpc) is 3.14. The first-order valence-electron chi connectivity index (χ1n) is 8.91. The molecule has 1 aliphatic heterocycles. The zero-order valence-electron chi connectivity index (χ0n) is 15.3. The van der Waals surface area contributed by atoms with Crippen molar-refractivity contribution in [3.63, 3.8) is 0 Å². The Hall–Kier alpha value is -3.11. The minimum Gasteiger partial charge on any atom is -0.387 e. The highest BCUT2D eigenvalue weighted by Gasteiger charge is 2.35. The van der Waals surface area contributed by atoms with Gasteiger partial charge in [0.25, 0.3) is 10.0 Å². The van der Waals surface area contributed by atoms with Gasteiger partial charge in [0.2, 0.25) is 0 Å². The predicted octanol–water partition coefficient (Wildman–Crippen LogP) is 3.54. The second-order valence-electron chi connectivity index (χ2n) is 6.76. The van der Waals surface area contributed by atoms with Gasteiger partial charge >= 0.3 is 0 Å². The first-order chi connectivity index (χ1) is 14.3. The van der Waals surface area contributed by atoms with E-state index in [4.69, 9.17) is 0 Å². The SMILES string of the molecule is O=S(=O)(Nc1ccc(F)c(C(O)C2CNc3ncc(F)cc32)c1F)c1ccccc1. The van der Waals surface area contributed by atoms with Crippen molar-refractivity contribution in [1.29, 1.82) is 0 Å². The third kappa shape index (κ3) is 3.59. The van der Waals surface area contributed by atoms with E-state index in [-0.39, 0.29) is 17.0 Å². The monoisotopic (exact) mass is 435 g/mol. The number of hydrogen-bond donors (Lipinski definition) is 3. The van der Waals surface area contributed by atoms with Crippen LogP contribution in [-0.2, 0) is 10.0 Å². The summed E-state index contributed by atoms with van der Waals surface area (Å²) < 4.78 is 70.2. The summed E-state index contributed by atoms with van der Waals surface area (Å²) in [5.41, 5.74) is -0.957. The van der Waals surface area contributed by atoms with Crippen molar-refractivity contribution >= 4 is 21.5 Å². The Kier molecular flexibility index (Phi) is 5.12. The molecule has 1 aromatic heterocycles. The first-order valence-corrected chi connectivity index (χ1v) is 10.4. The quantitative estimate of drug-likeness (QED) is 0.570. The highest BCUT2D eigenvalue weighted by atomic mass is 32.2. The van der Waals surface area contributed by atoms with E-state index in [9.17, 15) is 22.3 Å². The smallest absolute Gasteiger partial charge is 0.261 e. The lowest BCUT2D eigenvalue weighted by Gasteiger charge is -2.21. The molecule has 0 saturated carbocycles. The lowest BCUT2D eigenvalue weighted by molar-refractivity contribution is 0.142. The summed E-state index contributed by atoms with van der Waals surface area (Å²) in [7, 11) is -4.13. The standard InChI is InChI=1S/C20H16F3N3O3S/c21-11-8-13-14(10-25-20(13)24-9-11)19(27)17-15(22)6-7-16(18(17)23)26-30(28,29)12-4-2-1-3-5-12/h1-9,14,19,26-27H,10H2,(H,24,25). The number of halogens is 3. The predicted molar refractivity (Wildman–Crippen MR) is 104 cm³/mol. The molecular formula is C20H16F3N3O3S. The highest BCUT2D eigenvalue weighted by Crippen LogP contribution is 2.41. The van der Waals surface area contributed by atoms with Gasteiger partial charge in [-0.25, -0.2) is 26.6 Å². The highest BCUT2D eigenvalue weighted by molar-refractivity contribution is 7.92. The van der Waals surface area contributed by atoms with Crippen molar-refractivity contribution in [2.75, 3.05) is 16.6 Å². The van der Waals surface area contributed by atoms with Crippen LogP contribution in [0.3, 0.4) is 0 Å². The number of fused-ring (bicyclic) bond motifs is 1. The van der Waals surface area contributed by atoms with E-state index >= 15 is 4.39 Å². The van der Waals surface area contributed by atoms with Gasteiger partial charge in [-0.3, -0.25) is 4.72 Å². The van der Waals surface area contributed by atoms with Crippen LogP contribution in [0.15, 0.2) is 59.6 Å². The summed E-state index contributed by atoms with van der Waals surface area (Å²) in [6.45, 7) is 0.0752. The molecular weight excluding hydrogens is 419 g/mol. The summed E-state index contributed by atoms with van der Waals surface area (Å²) in [5.74, 6) is -3.53. The number of anilines is 2. The molecule has 0 fully saturated rings. The maximum Gasteiger partial charge on any atom is 0.261 e. The Morgan fingerprint density at radius 2 is 1.87 bits per heavy atom. The molecule has 10 heteroatoms. The number of nitrogens with zero attached hydrogens (tertiary/aromatic N) is 1. The summed E-state index contributed by atoms with van der Waals surface area (Å²) in [6, 6.07) is 10.2. The number of sulfonamides is 1. The summed E-state index contributed by atoms with van der Waals surface area (Å²) in [5, 5.41) is 13.6. The number of aliphatic hydroxyl groups is 1. The lowest BCUT2D eigenvalue weighted by Crippen LogP contribution is -2.19. The van der Waals surface area contributed by atoms with Gasteiger partial charge in [0.05, 0.1) is 28.4 Å². The van der Waals surface area contributed by atoms with Crippen molar-refractivity contribution < 1.29 is 26.7 Å². The summed E-state index contributed by atoms with van der Waals surface area (Å²) in [6.07, 6.45) is -0.718. The van der Waals surface area contributed by atoms with Gasteiger partial charge in [-0.1, -0.05) is 18.2 Å². The molecule has 0 aliphatic carbocycles. The summed E-state index contributed by atoms with van der Waals surface area (Å²) >= 11 is 0. The van der Waals surface area contributed by atoms with Crippen molar-refractivity contribution in [2.24, 2.45) is 0 Å². The van der Waals surface area contributed by atoms with Gasteiger partial charge < -0.3 is 10.4 Å². The van der Waals surface area contributed by atoms with E-state index in [0.29, 0.717) is 5.82 Å². The molecule has 156 valence electrons. The number of benzene rings is 2. The molecule has 0 amide bonds. The first kappa shape index (κ1) is 20.2. The van der Waals surface area contributed by atoms with Gasteiger partial charge in [0.1, 0.15) is 17.5 Å². The normalized spacial score (nSPS) is 16.6. The molecule has 2 unspecified atom stereocenters. The molecule has 3 N–H and O–H groups in total. The van der Waals surface area contributed by atoms with Crippen LogP contribution < -0.4 is 10.0 Å². The lowest BCUT2D eigenvalue weighted by atomic mass is 9.90. The van der Waals surface area contributed by atoms with Crippen molar-refractivity contribution in [1.82, 2.24) is 4.98 Å². The Morgan fingerprint density at radius 3 is 2.60 bits per heavy atom. The number of pyridine rings is 1. The molecule has 30 heavy (non-hydrogen) atoms. The van der Waals surface area contributed by atoms with E-state index in [1.807, 2.05) is 0 Å². The zero-order valence-corrected chi connectivity index (χ0v) is 16.1. The molecule has 0 bridgehead atoms. The number of aliphatic hydroxyl groups excluding tert-OH is 1. The Bertz CT molecular complexity index is 1210. The molecule has 2 aromatic carbocycles. The van der Waals surface area contributed by atoms with Gasteiger partial charge in [0.15, 0.2) is 5.82 Å². The Morgan fingerprint density at radius 1 is 1.13 bits per heavy atom. The molecule has 2 atom stereocenters. The maximum atomic E-state index is 15.1. The van der Waals surface area contributed by atoms with Crippen LogP contribution >= 0.6 is 0 Å². The minimum atomic E-state index is -4.13. The van der Waals surface area contributed by atoms with E-state index in [0.717, 1.165) is 24.4 Å². The van der Waals surface area contributed by atoms with Crippen LogP contribution in [0.1, 0.15) is 23.1 Å². The van der Waals surface area contributed by atoms with E-state index in [1.54, 1.807) is 6.07 Å². The Balaban J connectivity index is 1.70. The molecule has 6 nitrogen and oxygen atoms in total. The van der Waals surface area contributed by atoms with Crippen LogP contribution in [-0.4, -0.2) is 25.1 Å². The topological polar surface area (TPSA) is 91.3 Å². The summed E-state index contributed by atoms with van der Waals surface area (Å²) in [4.78, 5) is 3.75. The fourth-order valence-electron chi connectivity index (χ4n) is 3.41. The molecule has 0 radical (unpaired) electrons. The molecule has 0 saturated heterocycles. The molecule has 4 rings (SSSR count). The maximum absolute atomic E-state index is 15.1. The van der Waals surface area contributed by atoms with Crippen LogP contribution in [0.5, 0.6) is 0 Å². The van der Waals surface area contributed by atoms with Gasteiger partial charge in [0, 0.05) is 18.0 Å². The van der Waals surface area contributed by atoms with E-state index in [2.05, 4.69) is 15.0 Å². The third-order valence-electron chi connectivity index (χ3n) is 4.87. The van der Waals surface area contributed by atoms with E-state index in [1.165, 1.54) is 24.3 Å². The number of hydrogen-bond acceptors (Lipinski definition) is 5. The second kappa shape index (κ2) is 7.62. The van der Waals surface area contributed by atoms with Crippen molar-refractivity contribution in [3.05, 3.63) is 83.3 Å². The van der Waals surface area contributed by atoms with Crippen LogP contribution in [0, 0.1) is 17.5 Å². The van der Waals surface area contributed by atoms with Crippen LogP contribution in [0.2, 0.25) is 0 Å². The number of aromatic nitrogens is 1. The average molecular weight is 435 g/mol. The molecule has 1 aliphatic rings. The zero-order chi connectivity index (χ0) is 21.5. The number of nitrogens with one attached hydrogen (secondary N) is 2. The molecule has 0 spiro atoms. The second-order valence-corrected chi connectivity index (χ2v) is 8.45. The van der Waals surface area contributed by atoms with Gasteiger partial charge in [-0.05, 0) is 30.3 Å². The fraction of sp³-hybridized carbons (Fsp3) is 0.150. The van der Waals surface area contributed by atoms with Crippen LogP contribution in [0.25, 0.3) is 0 Å². The number of rotatable bonds is 5. The van der Waals surface area contributed by atoms with Crippen LogP contribution in [0.4, 0.5) is 24.7 Å². The van der Waals surface area contributed by atoms with E-state index < -0.39 is 50.7 Å². The molecule has 2 heterocycles. The van der Waals surface area contributed by atoms with Crippen molar-refractivity contribution in [2.45, 2.75) is 16.9 Å². The van der Waals surface area contributed by atoms with Gasteiger partial charge in [-0.2, -0.15) is 0 Å². The molecule has 3 aromatic rings. The minimum absolute atomic E-state index is 0.0752.